The normalized spacial score (nSPS) is 12.2. The van der Waals surface area contributed by atoms with Gasteiger partial charge in [0.15, 0.2) is 0 Å². The zero-order valence-electron chi connectivity index (χ0n) is 10.5. The molecular formula is C12H17N5S. The summed E-state index contributed by atoms with van der Waals surface area (Å²) >= 11 is 1.74. The first kappa shape index (κ1) is 12.8. The molecule has 0 fully saturated rings. The van der Waals surface area contributed by atoms with Crippen LogP contribution in [0.4, 0.5) is 11.8 Å². The Kier molecular flexibility index (Phi) is 4.11. The van der Waals surface area contributed by atoms with Gasteiger partial charge in [0.25, 0.3) is 0 Å². The van der Waals surface area contributed by atoms with Crippen molar-refractivity contribution >= 4 is 23.1 Å². The summed E-state index contributed by atoms with van der Waals surface area (Å²) in [5, 5.41) is 5.49. The third-order valence-electron chi connectivity index (χ3n) is 2.60. The van der Waals surface area contributed by atoms with Crippen LogP contribution in [0, 0.1) is 6.92 Å². The highest BCUT2D eigenvalue weighted by Gasteiger charge is 2.11. The van der Waals surface area contributed by atoms with E-state index in [1.165, 1.54) is 4.88 Å². The van der Waals surface area contributed by atoms with E-state index in [1.54, 1.807) is 11.3 Å². The number of thiophene rings is 1. The quantitative estimate of drug-likeness (QED) is 0.571. The second-order valence-corrected chi connectivity index (χ2v) is 4.96. The first-order chi connectivity index (χ1) is 8.72. The molecule has 1 unspecified atom stereocenters. The largest absolute Gasteiger partial charge is 0.362 e. The zero-order valence-corrected chi connectivity index (χ0v) is 11.3. The van der Waals surface area contributed by atoms with Gasteiger partial charge in [-0.1, -0.05) is 13.0 Å². The molecule has 0 aromatic carbocycles. The van der Waals surface area contributed by atoms with Crippen molar-refractivity contribution in [3.8, 4) is 0 Å². The Morgan fingerprint density at radius 1 is 1.44 bits per heavy atom. The van der Waals surface area contributed by atoms with Crippen molar-refractivity contribution in [3.63, 3.8) is 0 Å². The Bertz CT molecular complexity index is 497. The Morgan fingerprint density at radius 3 is 2.89 bits per heavy atom. The molecule has 2 aromatic heterocycles. The van der Waals surface area contributed by atoms with Crippen molar-refractivity contribution in [1.29, 1.82) is 0 Å². The Balaban J connectivity index is 2.19. The summed E-state index contributed by atoms with van der Waals surface area (Å²) < 4.78 is 0. The van der Waals surface area contributed by atoms with Crippen molar-refractivity contribution in [2.45, 2.75) is 26.3 Å². The Morgan fingerprint density at radius 2 is 2.28 bits per heavy atom. The van der Waals surface area contributed by atoms with Gasteiger partial charge in [-0.3, -0.25) is 5.43 Å². The van der Waals surface area contributed by atoms with Crippen LogP contribution in [0.1, 0.15) is 30.0 Å². The van der Waals surface area contributed by atoms with E-state index in [0.717, 1.165) is 17.9 Å². The van der Waals surface area contributed by atoms with Crippen LogP contribution in [-0.2, 0) is 0 Å². The highest BCUT2D eigenvalue weighted by molar-refractivity contribution is 7.10. The molecule has 0 saturated heterocycles. The standard InChI is InChI=1S/C12H17N5S/c1-3-9(10-5-4-6-18-10)15-11-7-8(2)14-12(16-11)17-13/h4-7,9H,3,13H2,1-2H3,(H2,14,15,16,17). The second kappa shape index (κ2) is 5.79. The highest BCUT2D eigenvalue weighted by Crippen LogP contribution is 2.25. The molecule has 0 spiro atoms. The molecule has 6 heteroatoms. The summed E-state index contributed by atoms with van der Waals surface area (Å²) in [5.74, 6) is 6.56. The number of anilines is 2. The maximum absolute atomic E-state index is 5.34. The molecule has 1 atom stereocenters. The summed E-state index contributed by atoms with van der Waals surface area (Å²) in [4.78, 5) is 9.76. The number of aromatic nitrogens is 2. The predicted molar refractivity (Wildman–Crippen MR) is 75.6 cm³/mol. The molecule has 0 aliphatic heterocycles. The smallest absolute Gasteiger partial charge is 0.239 e. The molecule has 96 valence electrons. The van der Waals surface area contributed by atoms with Crippen molar-refractivity contribution < 1.29 is 0 Å². The van der Waals surface area contributed by atoms with E-state index in [0.29, 0.717) is 5.95 Å². The fourth-order valence-electron chi connectivity index (χ4n) is 1.75. The van der Waals surface area contributed by atoms with Crippen molar-refractivity contribution in [3.05, 3.63) is 34.2 Å². The van der Waals surface area contributed by atoms with Crippen LogP contribution in [-0.4, -0.2) is 9.97 Å². The first-order valence-corrected chi connectivity index (χ1v) is 6.73. The van der Waals surface area contributed by atoms with Crippen molar-refractivity contribution in [1.82, 2.24) is 9.97 Å². The number of nitrogens with two attached hydrogens (primary N) is 1. The second-order valence-electron chi connectivity index (χ2n) is 3.98. The first-order valence-electron chi connectivity index (χ1n) is 5.85. The third kappa shape index (κ3) is 2.96. The number of rotatable bonds is 5. The molecule has 0 bridgehead atoms. The summed E-state index contributed by atoms with van der Waals surface area (Å²) in [6.07, 6.45) is 0.995. The van der Waals surface area contributed by atoms with Gasteiger partial charge in [-0.15, -0.1) is 11.3 Å². The van der Waals surface area contributed by atoms with Gasteiger partial charge in [0, 0.05) is 16.6 Å². The van der Waals surface area contributed by atoms with E-state index < -0.39 is 0 Å². The van der Waals surface area contributed by atoms with E-state index in [9.17, 15) is 0 Å². The third-order valence-corrected chi connectivity index (χ3v) is 3.59. The lowest BCUT2D eigenvalue weighted by Gasteiger charge is -2.16. The average Bonchev–Trinajstić information content (AvgIpc) is 2.89. The molecule has 5 nitrogen and oxygen atoms in total. The number of hydrazine groups is 1. The van der Waals surface area contributed by atoms with Gasteiger partial charge in [-0.05, 0) is 24.8 Å². The van der Waals surface area contributed by atoms with E-state index in [-0.39, 0.29) is 6.04 Å². The van der Waals surface area contributed by atoms with Crippen LogP contribution in [0.2, 0.25) is 0 Å². The topological polar surface area (TPSA) is 75.9 Å². The number of nitrogens with zero attached hydrogens (tertiary/aromatic N) is 2. The zero-order chi connectivity index (χ0) is 13.0. The van der Waals surface area contributed by atoms with Crippen LogP contribution in [0.25, 0.3) is 0 Å². The van der Waals surface area contributed by atoms with E-state index in [4.69, 9.17) is 5.84 Å². The lowest BCUT2D eigenvalue weighted by atomic mass is 10.2. The molecule has 2 aromatic rings. The number of hydrogen-bond acceptors (Lipinski definition) is 6. The number of nitrogens with one attached hydrogen (secondary N) is 2. The minimum Gasteiger partial charge on any atom is -0.362 e. The summed E-state index contributed by atoms with van der Waals surface area (Å²) in [6, 6.07) is 6.37. The van der Waals surface area contributed by atoms with Gasteiger partial charge in [0.05, 0.1) is 6.04 Å². The molecule has 4 N–H and O–H groups in total. The summed E-state index contributed by atoms with van der Waals surface area (Å²) in [7, 11) is 0. The minimum atomic E-state index is 0.268. The van der Waals surface area contributed by atoms with Gasteiger partial charge in [-0.2, -0.15) is 4.98 Å². The van der Waals surface area contributed by atoms with Gasteiger partial charge in [0.1, 0.15) is 5.82 Å². The van der Waals surface area contributed by atoms with Crippen LogP contribution < -0.4 is 16.6 Å². The highest BCUT2D eigenvalue weighted by atomic mass is 32.1. The molecule has 18 heavy (non-hydrogen) atoms. The van der Waals surface area contributed by atoms with Crippen LogP contribution >= 0.6 is 11.3 Å². The number of nitrogen functional groups attached to an aromatic ring is 1. The maximum atomic E-state index is 5.34. The summed E-state index contributed by atoms with van der Waals surface area (Å²) in [6.45, 7) is 4.06. The molecule has 2 rings (SSSR count). The van der Waals surface area contributed by atoms with Crippen LogP contribution in [0.15, 0.2) is 23.6 Å². The monoisotopic (exact) mass is 263 g/mol. The van der Waals surface area contributed by atoms with Crippen LogP contribution in [0.5, 0.6) is 0 Å². The van der Waals surface area contributed by atoms with E-state index in [1.807, 2.05) is 13.0 Å². The molecular weight excluding hydrogens is 246 g/mol. The fourth-order valence-corrected chi connectivity index (χ4v) is 2.61. The van der Waals surface area contributed by atoms with Crippen molar-refractivity contribution in [2.75, 3.05) is 10.7 Å². The van der Waals surface area contributed by atoms with Gasteiger partial charge in [-0.25, -0.2) is 10.8 Å². The molecule has 0 radical (unpaired) electrons. The molecule has 0 aliphatic carbocycles. The molecule has 0 aliphatic rings. The fraction of sp³-hybridized carbons (Fsp3) is 0.333. The lowest BCUT2D eigenvalue weighted by Crippen LogP contribution is -2.14. The summed E-state index contributed by atoms with van der Waals surface area (Å²) in [5.41, 5.74) is 3.35. The van der Waals surface area contributed by atoms with E-state index in [2.05, 4.69) is 45.1 Å². The van der Waals surface area contributed by atoms with Gasteiger partial charge < -0.3 is 5.32 Å². The molecule has 0 saturated carbocycles. The van der Waals surface area contributed by atoms with Crippen LogP contribution in [0.3, 0.4) is 0 Å². The average molecular weight is 263 g/mol. The van der Waals surface area contributed by atoms with Crippen molar-refractivity contribution in [2.24, 2.45) is 5.84 Å². The minimum absolute atomic E-state index is 0.268. The molecule has 2 heterocycles. The Hall–Kier alpha value is -1.66. The molecule has 0 amide bonds. The van der Waals surface area contributed by atoms with Gasteiger partial charge in [0.2, 0.25) is 5.95 Å². The predicted octanol–water partition coefficient (Wildman–Crippen LogP) is 2.70. The van der Waals surface area contributed by atoms with Gasteiger partial charge >= 0.3 is 0 Å². The SMILES string of the molecule is CCC(Nc1cc(C)nc(NN)n1)c1cccs1. The Labute approximate surface area is 110 Å². The number of aryl methyl sites for hydroxylation is 1. The maximum Gasteiger partial charge on any atom is 0.239 e. The van der Waals surface area contributed by atoms with E-state index >= 15 is 0 Å². The number of hydrogen-bond donors (Lipinski definition) is 3. The lowest BCUT2D eigenvalue weighted by molar-refractivity contribution is 0.757.